The molecule has 0 saturated heterocycles. The van der Waals surface area contributed by atoms with Crippen LogP contribution in [0.3, 0.4) is 0 Å². The number of amides is 2. The second-order valence-corrected chi connectivity index (χ2v) is 6.99. The Morgan fingerprint density at radius 1 is 1.24 bits per heavy atom. The number of hydrogen-bond donors (Lipinski definition) is 3. The highest BCUT2D eigenvalue weighted by Gasteiger charge is 2.15. The fraction of sp³-hybridized carbons (Fsp3) is 0.450. The Morgan fingerprint density at radius 3 is 2.48 bits per heavy atom. The molecule has 0 aliphatic heterocycles. The zero-order valence-electron chi connectivity index (χ0n) is 17.0. The molecule has 2 aromatic rings. The third-order valence-electron chi connectivity index (χ3n) is 4.55. The Kier molecular flexibility index (Phi) is 7.74. The number of carbonyl (C=O) groups is 1. The maximum atomic E-state index is 12.4. The first kappa shape index (κ1) is 22.4. The highest BCUT2D eigenvalue weighted by atomic mass is 16.5. The van der Waals surface area contributed by atoms with E-state index >= 15 is 0 Å². The quantitative estimate of drug-likeness (QED) is 0.331. The Morgan fingerprint density at radius 2 is 1.90 bits per heavy atom. The summed E-state index contributed by atoms with van der Waals surface area (Å²) in [6.07, 6.45) is 1.25. The van der Waals surface area contributed by atoms with Gasteiger partial charge in [0.2, 0.25) is 0 Å². The minimum absolute atomic E-state index is 0.0193. The second kappa shape index (κ2) is 10.0. The number of carbonyl (C=O) groups excluding carboxylic acids is 1. The summed E-state index contributed by atoms with van der Waals surface area (Å²) in [4.78, 5) is 37.8. The number of nitrogens with one attached hydrogen (secondary N) is 1. The number of H-pyrrole nitrogens is 1. The fourth-order valence-corrected chi connectivity index (χ4v) is 3.31. The van der Waals surface area contributed by atoms with Gasteiger partial charge in [0, 0.05) is 17.7 Å². The van der Waals surface area contributed by atoms with E-state index in [2.05, 4.69) is 11.1 Å². The molecule has 0 aliphatic rings. The highest BCUT2D eigenvalue weighted by molar-refractivity contribution is 5.70. The van der Waals surface area contributed by atoms with Crippen molar-refractivity contribution in [1.29, 1.82) is 0 Å². The minimum atomic E-state index is -0.940. The van der Waals surface area contributed by atoms with Gasteiger partial charge >= 0.3 is 11.7 Å². The first-order chi connectivity index (χ1) is 13.7. The van der Waals surface area contributed by atoms with Crippen molar-refractivity contribution in [2.24, 2.45) is 5.73 Å². The lowest BCUT2D eigenvalue weighted by molar-refractivity contribution is -0.0469. The van der Waals surface area contributed by atoms with Crippen LogP contribution in [0.15, 0.2) is 27.8 Å². The standard InChI is InChI=1S/C20H28N4O5/c1-4-16-17(11-15-9-13(2)8-14(3)10-15)23(20(27)22-18(16)25)12-29-7-5-6-24(28)19(21)26/h8-10,28H,4-7,11-12H2,1-3H3,(H2,21,26)(H,22,25,27). The molecule has 0 bridgehead atoms. The number of nitrogens with zero attached hydrogens (tertiary/aromatic N) is 2. The van der Waals surface area contributed by atoms with Gasteiger partial charge < -0.3 is 10.5 Å². The van der Waals surface area contributed by atoms with Crippen LogP contribution in [0.25, 0.3) is 0 Å². The first-order valence-electron chi connectivity index (χ1n) is 9.48. The summed E-state index contributed by atoms with van der Waals surface area (Å²) in [7, 11) is 0. The van der Waals surface area contributed by atoms with Gasteiger partial charge in [0.15, 0.2) is 0 Å². The smallest absolute Gasteiger partial charge is 0.338 e. The third-order valence-corrected chi connectivity index (χ3v) is 4.55. The van der Waals surface area contributed by atoms with E-state index in [1.807, 2.05) is 32.9 Å². The summed E-state index contributed by atoms with van der Waals surface area (Å²) in [5, 5.41) is 9.65. The molecule has 1 aromatic heterocycles. The molecule has 0 fully saturated rings. The average Bonchev–Trinajstić information content (AvgIpc) is 2.62. The Labute approximate surface area is 168 Å². The number of ether oxygens (including phenoxy) is 1. The van der Waals surface area contributed by atoms with Crippen molar-refractivity contribution in [3.05, 3.63) is 67.0 Å². The summed E-state index contributed by atoms with van der Waals surface area (Å²) in [6, 6.07) is 5.19. The van der Waals surface area contributed by atoms with Gasteiger partial charge in [-0.1, -0.05) is 36.2 Å². The predicted octanol–water partition coefficient (Wildman–Crippen LogP) is 1.44. The molecule has 9 nitrogen and oxygen atoms in total. The van der Waals surface area contributed by atoms with Crippen LogP contribution in [0.1, 0.15) is 41.3 Å². The number of nitrogens with two attached hydrogens (primary N) is 1. The normalized spacial score (nSPS) is 10.9. The first-order valence-corrected chi connectivity index (χ1v) is 9.48. The largest absolute Gasteiger partial charge is 0.361 e. The van der Waals surface area contributed by atoms with E-state index in [0.29, 0.717) is 35.6 Å². The topological polar surface area (TPSA) is 131 Å². The number of hydrogen-bond acceptors (Lipinski definition) is 5. The lowest BCUT2D eigenvalue weighted by Gasteiger charge is -2.17. The molecule has 29 heavy (non-hydrogen) atoms. The molecule has 1 aromatic carbocycles. The van der Waals surface area contributed by atoms with Crippen LogP contribution >= 0.6 is 0 Å². The SMILES string of the molecule is CCc1c(Cc2cc(C)cc(C)c2)n(COCCCN(O)C(N)=O)c(=O)[nH]c1=O. The van der Waals surface area contributed by atoms with Crippen LogP contribution in [0, 0.1) is 13.8 Å². The van der Waals surface area contributed by atoms with Crippen LogP contribution in [0.5, 0.6) is 0 Å². The van der Waals surface area contributed by atoms with Gasteiger partial charge in [-0.3, -0.25) is 19.6 Å². The van der Waals surface area contributed by atoms with E-state index in [-0.39, 0.29) is 25.4 Å². The van der Waals surface area contributed by atoms with Gasteiger partial charge in [0.05, 0.1) is 13.2 Å². The van der Waals surface area contributed by atoms with Gasteiger partial charge in [0.25, 0.3) is 5.56 Å². The molecule has 0 radical (unpaired) electrons. The van der Waals surface area contributed by atoms with Crippen LogP contribution < -0.4 is 17.0 Å². The van der Waals surface area contributed by atoms with Crippen molar-refractivity contribution < 1.29 is 14.7 Å². The Hall–Kier alpha value is -2.91. The third kappa shape index (κ3) is 6.03. The summed E-state index contributed by atoms with van der Waals surface area (Å²) in [6.45, 7) is 6.03. The molecule has 1 heterocycles. The average molecular weight is 404 g/mol. The lowest BCUT2D eigenvalue weighted by Crippen LogP contribution is -2.36. The monoisotopic (exact) mass is 404 g/mol. The highest BCUT2D eigenvalue weighted by Crippen LogP contribution is 2.15. The zero-order chi connectivity index (χ0) is 21.6. The van der Waals surface area contributed by atoms with E-state index < -0.39 is 11.7 Å². The van der Waals surface area contributed by atoms with Gasteiger partial charge in [-0.15, -0.1) is 0 Å². The predicted molar refractivity (Wildman–Crippen MR) is 108 cm³/mol. The molecule has 9 heteroatoms. The zero-order valence-corrected chi connectivity index (χ0v) is 17.0. The van der Waals surface area contributed by atoms with E-state index in [1.165, 1.54) is 4.57 Å². The van der Waals surface area contributed by atoms with Crippen molar-refractivity contribution in [3.8, 4) is 0 Å². The molecule has 158 valence electrons. The van der Waals surface area contributed by atoms with E-state index in [0.717, 1.165) is 16.7 Å². The molecule has 0 unspecified atom stereocenters. The minimum Gasteiger partial charge on any atom is -0.361 e. The molecule has 0 saturated carbocycles. The van der Waals surface area contributed by atoms with Gasteiger partial charge in [-0.25, -0.2) is 14.7 Å². The maximum Gasteiger partial charge on any atom is 0.338 e. The number of rotatable bonds is 9. The van der Waals surface area contributed by atoms with Crippen LogP contribution in [-0.2, 0) is 24.3 Å². The number of primary amides is 1. The van der Waals surface area contributed by atoms with Crippen molar-refractivity contribution in [1.82, 2.24) is 14.6 Å². The molecule has 0 spiro atoms. The number of aryl methyl sites for hydroxylation is 2. The van der Waals surface area contributed by atoms with Gasteiger partial charge in [-0.05, 0) is 32.3 Å². The van der Waals surface area contributed by atoms with Crippen molar-refractivity contribution in [2.45, 2.75) is 46.8 Å². The fourth-order valence-electron chi connectivity index (χ4n) is 3.31. The van der Waals surface area contributed by atoms with Crippen LogP contribution in [0.2, 0.25) is 0 Å². The van der Waals surface area contributed by atoms with Crippen molar-refractivity contribution in [2.75, 3.05) is 13.2 Å². The Bertz CT molecular complexity index is 960. The molecule has 0 aliphatic carbocycles. The summed E-state index contributed by atoms with van der Waals surface area (Å²) in [5.41, 5.74) is 8.41. The maximum absolute atomic E-state index is 12.4. The summed E-state index contributed by atoms with van der Waals surface area (Å²) < 4.78 is 6.97. The Balaban J connectivity index is 2.23. The number of aromatic nitrogens is 2. The van der Waals surface area contributed by atoms with E-state index in [9.17, 15) is 19.6 Å². The number of hydroxylamine groups is 2. The van der Waals surface area contributed by atoms with Gasteiger partial charge in [0.1, 0.15) is 6.73 Å². The molecule has 2 rings (SSSR count). The molecule has 4 N–H and O–H groups in total. The molecular weight excluding hydrogens is 376 g/mol. The van der Waals surface area contributed by atoms with E-state index in [1.54, 1.807) is 0 Å². The van der Waals surface area contributed by atoms with Crippen molar-refractivity contribution in [3.63, 3.8) is 0 Å². The molecule has 2 amide bonds. The second-order valence-electron chi connectivity index (χ2n) is 6.99. The van der Waals surface area contributed by atoms with Gasteiger partial charge in [-0.2, -0.15) is 0 Å². The summed E-state index contributed by atoms with van der Waals surface area (Å²) >= 11 is 0. The van der Waals surface area contributed by atoms with Crippen LogP contribution in [0.4, 0.5) is 4.79 Å². The summed E-state index contributed by atoms with van der Waals surface area (Å²) in [5.74, 6) is 0. The number of urea groups is 1. The van der Waals surface area contributed by atoms with Crippen molar-refractivity contribution >= 4 is 6.03 Å². The van der Waals surface area contributed by atoms with Crippen LogP contribution in [-0.4, -0.2) is 39.0 Å². The van der Waals surface area contributed by atoms with E-state index in [4.69, 9.17) is 10.5 Å². The number of benzene rings is 1. The molecule has 0 atom stereocenters. The molecular formula is C20H28N4O5. The number of aromatic amines is 1. The lowest BCUT2D eigenvalue weighted by atomic mass is 10.0.